The maximum Gasteiger partial charge on any atom is 0.223 e. The van der Waals surface area contributed by atoms with Gasteiger partial charge in [-0.05, 0) is 73.4 Å². The van der Waals surface area contributed by atoms with Gasteiger partial charge in [-0.3, -0.25) is 9.69 Å². The van der Waals surface area contributed by atoms with Crippen molar-refractivity contribution >= 4 is 5.91 Å². The van der Waals surface area contributed by atoms with Gasteiger partial charge in [-0.2, -0.15) is 0 Å². The number of phenolic OH excluding ortho intramolecular Hbond substituents is 1. The Labute approximate surface area is 232 Å². The molecule has 1 aliphatic carbocycles. The van der Waals surface area contributed by atoms with Crippen LogP contribution >= 0.6 is 0 Å². The van der Waals surface area contributed by atoms with Crippen LogP contribution in [-0.2, 0) is 17.8 Å². The van der Waals surface area contributed by atoms with Gasteiger partial charge < -0.3 is 24.2 Å². The lowest BCUT2D eigenvalue weighted by Gasteiger charge is -2.50. The number of carbonyl (C=O) groups excluding carboxylic acids is 1. The monoisotopic (exact) mass is 534 g/mol. The Hall–Kier alpha value is -3.19. The number of ether oxygens (including phenoxy) is 3. The van der Waals surface area contributed by atoms with Crippen molar-refractivity contribution in [2.45, 2.75) is 64.0 Å². The second-order valence-electron chi connectivity index (χ2n) is 11.2. The van der Waals surface area contributed by atoms with E-state index in [2.05, 4.69) is 35.8 Å². The molecule has 2 atom stereocenters. The topological polar surface area (TPSA) is 71.5 Å². The van der Waals surface area contributed by atoms with E-state index in [1.54, 1.807) is 27.4 Å². The number of phenols is 1. The third-order valence-electron chi connectivity index (χ3n) is 9.10. The van der Waals surface area contributed by atoms with Gasteiger partial charge in [0.1, 0.15) is 23.0 Å². The summed E-state index contributed by atoms with van der Waals surface area (Å²) in [4.78, 5) is 18.2. The molecule has 2 fully saturated rings. The van der Waals surface area contributed by atoms with Gasteiger partial charge in [0.25, 0.3) is 0 Å². The Balaban J connectivity index is 1.48. The summed E-state index contributed by atoms with van der Waals surface area (Å²) in [5.74, 6) is 3.31. The van der Waals surface area contributed by atoms with E-state index in [4.69, 9.17) is 14.2 Å². The molecule has 2 unspecified atom stereocenters. The number of likely N-dealkylation sites (tertiary alicyclic amines) is 2. The lowest BCUT2D eigenvalue weighted by atomic mass is 9.72. The Kier molecular flexibility index (Phi) is 7.81. The second kappa shape index (κ2) is 11.1. The predicted octanol–water partition coefficient (Wildman–Crippen LogP) is 5.30. The Morgan fingerprint density at radius 3 is 2.38 bits per heavy atom. The normalized spacial score (nSPS) is 22.8. The molecule has 39 heavy (non-hydrogen) atoms. The number of hydrogen-bond acceptors (Lipinski definition) is 6. The van der Waals surface area contributed by atoms with Crippen molar-refractivity contribution in [3.8, 4) is 23.0 Å². The fourth-order valence-corrected chi connectivity index (χ4v) is 7.34. The molecule has 1 N–H and O–H groups in total. The van der Waals surface area contributed by atoms with Gasteiger partial charge >= 0.3 is 0 Å². The van der Waals surface area contributed by atoms with Crippen molar-refractivity contribution in [2.24, 2.45) is 5.92 Å². The fourth-order valence-electron chi connectivity index (χ4n) is 7.34. The molecule has 2 heterocycles. The smallest absolute Gasteiger partial charge is 0.223 e. The minimum atomic E-state index is -0.284. The van der Waals surface area contributed by atoms with Crippen LogP contribution < -0.4 is 14.2 Å². The fraction of sp³-hybridized carbons (Fsp3) is 0.531. The second-order valence-corrected chi connectivity index (χ2v) is 11.2. The van der Waals surface area contributed by atoms with Gasteiger partial charge in [0.15, 0.2) is 0 Å². The molecule has 0 aromatic heterocycles. The molecule has 210 valence electrons. The molecule has 0 saturated carbocycles. The highest BCUT2D eigenvalue weighted by Crippen LogP contribution is 2.49. The first-order valence-electron chi connectivity index (χ1n) is 14.2. The van der Waals surface area contributed by atoms with Gasteiger partial charge in [0, 0.05) is 56.2 Å². The molecule has 1 amide bonds. The summed E-state index contributed by atoms with van der Waals surface area (Å²) < 4.78 is 16.8. The van der Waals surface area contributed by atoms with Crippen LogP contribution in [0.3, 0.4) is 0 Å². The molecule has 5 rings (SSSR count). The third-order valence-corrected chi connectivity index (χ3v) is 9.10. The van der Waals surface area contributed by atoms with Crippen molar-refractivity contribution in [3.05, 3.63) is 58.7 Å². The number of allylic oxidation sites excluding steroid dienone is 1. The quantitative estimate of drug-likeness (QED) is 0.508. The number of nitrogens with zero attached hydrogens (tertiary/aromatic N) is 2. The number of piperidine rings is 1. The zero-order valence-electron chi connectivity index (χ0n) is 24.0. The average molecular weight is 535 g/mol. The number of likely N-dealkylation sites (N-methyl/N-ethyl adjacent to an activating group) is 1. The first kappa shape index (κ1) is 27.4. The summed E-state index contributed by atoms with van der Waals surface area (Å²) in [5, 5.41) is 10.1. The SMILES string of the molecule is CCN1C(=O)CCC2Cc3cc(OC)cc(OC)c3C(C)C=C2C12CCN(Cc1cc(O)cc(OC)c1)CC2. The van der Waals surface area contributed by atoms with E-state index in [1.807, 2.05) is 18.2 Å². The molecule has 2 aliphatic heterocycles. The zero-order valence-corrected chi connectivity index (χ0v) is 24.0. The first-order chi connectivity index (χ1) is 18.8. The Morgan fingerprint density at radius 1 is 1.00 bits per heavy atom. The van der Waals surface area contributed by atoms with Crippen LogP contribution in [0.5, 0.6) is 23.0 Å². The highest BCUT2D eigenvalue weighted by atomic mass is 16.5. The highest BCUT2D eigenvalue weighted by molar-refractivity contribution is 5.78. The maximum atomic E-state index is 13.6. The molecular formula is C32H42N2O5. The van der Waals surface area contributed by atoms with Gasteiger partial charge in [-0.15, -0.1) is 0 Å². The molecule has 7 nitrogen and oxygen atoms in total. The number of fused-ring (bicyclic) bond motifs is 3. The number of hydrogen-bond donors (Lipinski definition) is 1. The minimum absolute atomic E-state index is 0.169. The molecule has 2 aromatic rings. The maximum absolute atomic E-state index is 13.6. The summed E-state index contributed by atoms with van der Waals surface area (Å²) in [6, 6.07) is 9.58. The summed E-state index contributed by atoms with van der Waals surface area (Å²) in [5.41, 5.74) is 4.67. The molecule has 2 saturated heterocycles. The van der Waals surface area contributed by atoms with Crippen molar-refractivity contribution in [1.82, 2.24) is 9.80 Å². The summed E-state index contributed by atoms with van der Waals surface area (Å²) >= 11 is 0. The lowest BCUT2D eigenvalue weighted by molar-refractivity contribution is -0.137. The van der Waals surface area contributed by atoms with Crippen molar-refractivity contribution in [2.75, 3.05) is 41.0 Å². The molecule has 1 spiro atoms. The van der Waals surface area contributed by atoms with Gasteiger partial charge in [0.05, 0.1) is 26.9 Å². The molecule has 2 aromatic carbocycles. The van der Waals surface area contributed by atoms with Crippen LogP contribution in [0.25, 0.3) is 0 Å². The van der Waals surface area contributed by atoms with E-state index < -0.39 is 0 Å². The number of amides is 1. The molecule has 3 aliphatic rings. The minimum Gasteiger partial charge on any atom is -0.508 e. The molecule has 0 bridgehead atoms. The standard InChI is InChI=1S/C32H42N2O5/c1-6-34-30(36)8-7-23-16-24-17-27(38-4)19-29(39-5)31(24)21(2)13-28(23)32(34)9-11-33(12-10-32)20-22-14-25(35)18-26(15-22)37-3/h13-15,17-19,21,23,35H,6-12,16,20H2,1-5H3. The number of methoxy groups -OCH3 is 3. The number of rotatable bonds is 6. The van der Waals surface area contributed by atoms with Crippen LogP contribution in [0.2, 0.25) is 0 Å². The summed E-state index contributed by atoms with van der Waals surface area (Å²) in [7, 11) is 5.05. The van der Waals surface area contributed by atoms with Gasteiger partial charge in [-0.25, -0.2) is 0 Å². The van der Waals surface area contributed by atoms with Crippen LogP contribution in [-0.4, -0.2) is 67.3 Å². The number of benzene rings is 2. The Morgan fingerprint density at radius 2 is 1.72 bits per heavy atom. The van der Waals surface area contributed by atoms with Crippen LogP contribution in [0.15, 0.2) is 42.0 Å². The van der Waals surface area contributed by atoms with Crippen molar-refractivity contribution in [3.63, 3.8) is 0 Å². The number of carbonyl (C=O) groups is 1. The van der Waals surface area contributed by atoms with E-state index in [0.29, 0.717) is 24.6 Å². The Bertz CT molecular complexity index is 1250. The largest absolute Gasteiger partial charge is 0.508 e. The lowest BCUT2D eigenvalue weighted by Crippen LogP contribution is -2.58. The molecule has 0 radical (unpaired) electrons. The van der Waals surface area contributed by atoms with Crippen LogP contribution in [0, 0.1) is 5.92 Å². The zero-order chi connectivity index (χ0) is 27.7. The van der Waals surface area contributed by atoms with E-state index in [1.165, 1.54) is 16.7 Å². The van der Waals surface area contributed by atoms with Crippen molar-refractivity contribution < 1.29 is 24.1 Å². The van der Waals surface area contributed by atoms with E-state index in [0.717, 1.165) is 62.4 Å². The summed E-state index contributed by atoms with van der Waals surface area (Å²) in [6.45, 7) is 7.58. The predicted molar refractivity (Wildman–Crippen MR) is 152 cm³/mol. The highest BCUT2D eigenvalue weighted by Gasteiger charge is 2.49. The van der Waals surface area contributed by atoms with Gasteiger partial charge in [0.2, 0.25) is 5.91 Å². The van der Waals surface area contributed by atoms with Crippen LogP contribution in [0.4, 0.5) is 0 Å². The van der Waals surface area contributed by atoms with Gasteiger partial charge in [-0.1, -0.05) is 13.0 Å². The number of aromatic hydroxyl groups is 1. The average Bonchev–Trinajstić information content (AvgIpc) is 3.14. The molecule has 7 heteroatoms. The van der Waals surface area contributed by atoms with E-state index in [-0.39, 0.29) is 23.1 Å². The van der Waals surface area contributed by atoms with Crippen molar-refractivity contribution in [1.29, 1.82) is 0 Å². The first-order valence-corrected chi connectivity index (χ1v) is 14.2. The van der Waals surface area contributed by atoms with Crippen LogP contribution in [0.1, 0.15) is 62.1 Å². The van der Waals surface area contributed by atoms with E-state index >= 15 is 0 Å². The van der Waals surface area contributed by atoms with E-state index in [9.17, 15) is 9.90 Å². The molecular weight excluding hydrogens is 492 g/mol. The third kappa shape index (κ3) is 5.09. The summed E-state index contributed by atoms with van der Waals surface area (Å²) in [6.07, 6.45) is 6.58.